The number of aliphatic hydroxyl groups is 1. The lowest BCUT2D eigenvalue weighted by atomic mass is 10.0. The van der Waals surface area contributed by atoms with Crippen molar-refractivity contribution < 1.29 is 15.0 Å². The van der Waals surface area contributed by atoms with Crippen LogP contribution in [0.2, 0.25) is 10.0 Å². The van der Waals surface area contributed by atoms with Gasteiger partial charge in [0, 0.05) is 29.8 Å². The van der Waals surface area contributed by atoms with Crippen LogP contribution in [0, 0.1) is 0 Å². The number of benzene rings is 3. The molecule has 9 heteroatoms. The van der Waals surface area contributed by atoms with Crippen LogP contribution in [0.25, 0.3) is 22.0 Å². The highest BCUT2D eigenvalue weighted by Crippen LogP contribution is 2.37. The molecule has 1 aromatic heterocycles. The summed E-state index contributed by atoms with van der Waals surface area (Å²) in [5.74, 6) is -0.662. The summed E-state index contributed by atoms with van der Waals surface area (Å²) >= 11 is 13.1. The maximum absolute atomic E-state index is 11.1. The number of carbonyl (C=O) groups is 1. The van der Waals surface area contributed by atoms with E-state index in [9.17, 15) is 9.90 Å². The highest BCUT2D eigenvalue weighted by atomic mass is 35.5. The number of rotatable bonds is 7. The van der Waals surface area contributed by atoms with Gasteiger partial charge in [-0.05, 0) is 23.8 Å². The minimum absolute atomic E-state index is 0.381. The van der Waals surface area contributed by atoms with E-state index in [-0.39, 0.29) is 0 Å². The zero-order chi connectivity index (χ0) is 23.5. The van der Waals surface area contributed by atoms with Gasteiger partial charge in [-0.1, -0.05) is 65.7 Å². The first-order chi connectivity index (χ1) is 15.9. The largest absolute Gasteiger partial charge is 0.480 e. The number of halogens is 2. The summed E-state index contributed by atoms with van der Waals surface area (Å²) in [6, 6.07) is 17.8. The van der Waals surface area contributed by atoms with Crippen LogP contribution in [0.5, 0.6) is 0 Å². The number of hydrogen-bond acceptors (Lipinski definition) is 5. The number of aryl methyl sites for hydroxylation is 1. The second-order valence-corrected chi connectivity index (χ2v) is 8.12. The average molecular weight is 483 g/mol. The molecule has 33 heavy (non-hydrogen) atoms. The second-order valence-electron chi connectivity index (χ2n) is 7.34. The molecule has 0 bridgehead atoms. The van der Waals surface area contributed by atoms with E-state index in [0.717, 1.165) is 22.0 Å². The number of aliphatic hydroxyl groups excluding tert-OH is 1. The monoisotopic (exact) mass is 482 g/mol. The molecule has 1 heterocycles. The standard InChI is InChI=1S/C24H20Cl2N4O3/c1-30-21-11-18(25)15(12-27-20(13-31)24(32)33)10-17(21)23(29-30)28-19-9-5-8-16(22(19)26)14-6-3-2-4-7-14/h2-12,20,31H,13H2,1H3,(H,28,29)(H,32,33)/t20-/m0/s1. The van der Waals surface area contributed by atoms with Crippen LogP contribution in [-0.2, 0) is 11.8 Å². The molecule has 7 nitrogen and oxygen atoms in total. The predicted octanol–water partition coefficient (Wildman–Crippen LogP) is 5.16. The van der Waals surface area contributed by atoms with Crippen molar-refractivity contribution in [3.63, 3.8) is 0 Å². The van der Waals surface area contributed by atoms with Crippen LogP contribution in [0.4, 0.5) is 11.5 Å². The average Bonchev–Trinajstić information content (AvgIpc) is 3.10. The first-order valence-corrected chi connectivity index (χ1v) is 10.8. The van der Waals surface area contributed by atoms with Crippen LogP contribution in [0.1, 0.15) is 5.56 Å². The number of aromatic nitrogens is 2. The predicted molar refractivity (Wildman–Crippen MR) is 132 cm³/mol. The Morgan fingerprint density at radius 2 is 1.94 bits per heavy atom. The van der Waals surface area contributed by atoms with Gasteiger partial charge >= 0.3 is 5.97 Å². The van der Waals surface area contributed by atoms with Crippen molar-refractivity contribution >= 4 is 57.8 Å². The summed E-state index contributed by atoms with van der Waals surface area (Å²) in [5.41, 5.74) is 3.85. The van der Waals surface area contributed by atoms with Crippen molar-refractivity contribution in [1.29, 1.82) is 0 Å². The maximum Gasteiger partial charge on any atom is 0.330 e. The Bertz CT molecular complexity index is 1350. The molecule has 0 amide bonds. The van der Waals surface area contributed by atoms with Gasteiger partial charge < -0.3 is 15.5 Å². The van der Waals surface area contributed by atoms with Gasteiger partial charge in [0.2, 0.25) is 0 Å². The molecule has 0 fully saturated rings. The molecule has 3 aromatic carbocycles. The zero-order valence-electron chi connectivity index (χ0n) is 17.5. The Balaban J connectivity index is 1.74. The molecule has 0 unspecified atom stereocenters. The van der Waals surface area contributed by atoms with E-state index in [1.807, 2.05) is 48.5 Å². The van der Waals surface area contributed by atoms with E-state index in [1.165, 1.54) is 6.21 Å². The molecule has 0 aliphatic rings. The Morgan fingerprint density at radius 3 is 2.64 bits per heavy atom. The van der Waals surface area contributed by atoms with Gasteiger partial charge in [-0.25, -0.2) is 4.79 Å². The third-order valence-electron chi connectivity index (χ3n) is 5.16. The summed E-state index contributed by atoms with van der Waals surface area (Å²) in [4.78, 5) is 15.1. The molecule has 0 spiro atoms. The Kier molecular flexibility index (Phi) is 6.65. The van der Waals surface area contributed by atoms with Gasteiger partial charge in [-0.15, -0.1) is 0 Å². The Hall–Kier alpha value is -3.39. The van der Waals surface area contributed by atoms with E-state index in [1.54, 1.807) is 23.9 Å². The number of aliphatic carboxylic acids is 1. The summed E-state index contributed by atoms with van der Waals surface area (Å²) in [6.07, 6.45) is 1.34. The molecular weight excluding hydrogens is 463 g/mol. The Labute approximate surface area is 199 Å². The van der Waals surface area contributed by atoms with Gasteiger partial charge in [0.25, 0.3) is 0 Å². The molecule has 0 saturated carbocycles. The maximum atomic E-state index is 11.1. The third kappa shape index (κ3) is 4.71. The van der Waals surface area contributed by atoms with Gasteiger partial charge in [-0.2, -0.15) is 5.10 Å². The van der Waals surface area contributed by atoms with Crippen LogP contribution in [-0.4, -0.2) is 44.8 Å². The highest BCUT2D eigenvalue weighted by molar-refractivity contribution is 6.36. The third-order valence-corrected chi connectivity index (χ3v) is 5.89. The molecule has 0 saturated heterocycles. The lowest BCUT2D eigenvalue weighted by Crippen LogP contribution is -2.22. The molecule has 1 atom stereocenters. The summed E-state index contributed by atoms with van der Waals surface area (Å²) < 4.78 is 1.69. The number of hydrogen-bond donors (Lipinski definition) is 3. The number of aliphatic imine (C=N–C) groups is 1. The first-order valence-electron chi connectivity index (χ1n) is 10.0. The molecule has 3 N–H and O–H groups in total. The van der Waals surface area contributed by atoms with Crippen molar-refractivity contribution in [2.24, 2.45) is 12.0 Å². The molecular formula is C24H20Cl2N4O3. The van der Waals surface area contributed by atoms with Crippen LogP contribution < -0.4 is 5.32 Å². The van der Waals surface area contributed by atoms with E-state index in [2.05, 4.69) is 15.4 Å². The van der Waals surface area contributed by atoms with Gasteiger partial charge in [0.1, 0.15) is 0 Å². The van der Waals surface area contributed by atoms with Crippen LogP contribution in [0.15, 0.2) is 65.7 Å². The lowest BCUT2D eigenvalue weighted by Gasteiger charge is -2.11. The second kappa shape index (κ2) is 9.62. The van der Waals surface area contributed by atoms with E-state index in [4.69, 9.17) is 28.3 Å². The van der Waals surface area contributed by atoms with Gasteiger partial charge in [-0.3, -0.25) is 9.67 Å². The van der Waals surface area contributed by atoms with Crippen molar-refractivity contribution in [3.05, 3.63) is 76.3 Å². The SMILES string of the molecule is Cn1nc(Nc2cccc(-c3ccccc3)c2Cl)c2cc(C=N[C@@H](CO)C(=O)O)c(Cl)cc21. The van der Waals surface area contributed by atoms with E-state index < -0.39 is 18.6 Å². The van der Waals surface area contributed by atoms with Crippen molar-refractivity contribution in [1.82, 2.24) is 9.78 Å². The quantitative estimate of drug-likeness (QED) is 0.316. The topological polar surface area (TPSA) is 99.7 Å². The normalized spacial score (nSPS) is 12.4. The number of fused-ring (bicyclic) bond motifs is 1. The van der Waals surface area contributed by atoms with Crippen LogP contribution >= 0.6 is 23.2 Å². The van der Waals surface area contributed by atoms with Crippen molar-refractivity contribution in [2.75, 3.05) is 11.9 Å². The fraction of sp³-hybridized carbons (Fsp3) is 0.125. The first kappa shape index (κ1) is 22.8. The van der Waals surface area contributed by atoms with Gasteiger partial charge in [0.15, 0.2) is 11.9 Å². The molecule has 4 rings (SSSR count). The number of carboxylic acid groups (broad SMARTS) is 1. The van der Waals surface area contributed by atoms with Crippen LogP contribution in [0.3, 0.4) is 0 Å². The highest BCUT2D eigenvalue weighted by Gasteiger charge is 2.16. The smallest absolute Gasteiger partial charge is 0.330 e. The molecule has 0 aliphatic carbocycles. The molecule has 168 valence electrons. The zero-order valence-corrected chi connectivity index (χ0v) is 19.0. The fourth-order valence-corrected chi connectivity index (χ4v) is 3.93. The Morgan fingerprint density at radius 1 is 1.18 bits per heavy atom. The fourth-order valence-electron chi connectivity index (χ4n) is 3.44. The number of nitrogens with zero attached hydrogens (tertiary/aromatic N) is 3. The van der Waals surface area contributed by atoms with Crippen molar-refractivity contribution in [3.8, 4) is 11.1 Å². The van der Waals surface area contributed by atoms with E-state index in [0.29, 0.717) is 27.1 Å². The number of anilines is 2. The van der Waals surface area contributed by atoms with Crippen molar-refractivity contribution in [2.45, 2.75) is 6.04 Å². The number of carboxylic acids is 1. The molecule has 4 aromatic rings. The minimum atomic E-state index is -1.26. The van der Waals surface area contributed by atoms with E-state index >= 15 is 0 Å². The minimum Gasteiger partial charge on any atom is -0.480 e. The lowest BCUT2D eigenvalue weighted by molar-refractivity contribution is -0.139. The summed E-state index contributed by atoms with van der Waals surface area (Å²) in [5, 5.41) is 27.8. The summed E-state index contributed by atoms with van der Waals surface area (Å²) in [6.45, 7) is -0.609. The number of nitrogens with one attached hydrogen (secondary N) is 1. The molecule has 0 aliphatic heterocycles. The van der Waals surface area contributed by atoms with Gasteiger partial charge in [0.05, 0.1) is 27.9 Å². The summed E-state index contributed by atoms with van der Waals surface area (Å²) in [7, 11) is 1.80. The molecule has 0 radical (unpaired) electrons.